The van der Waals surface area contributed by atoms with Crippen molar-refractivity contribution in [2.24, 2.45) is 0 Å². The quantitative estimate of drug-likeness (QED) is 0.827. The van der Waals surface area contributed by atoms with E-state index in [9.17, 15) is 0 Å². The molecule has 74 valence electrons. The number of methoxy groups -OCH3 is 1. The highest BCUT2D eigenvalue weighted by Crippen LogP contribution is 2.31. The summed E-state index contributed by atoms with van der Waals surface area (Å²) in [4.78, 5) is 4.16. The summed E-state index contributed by atoms with van der Waals surface area (Å²) in [7, 11) is 1.65. The highest BCUT2D eigenvalue weighted by molar-refractivity contribution is 8.02. The predicted molar refractivity (Wildman–Crippen MR) is 56.9 cm³/mol. The van der Waals surface area contributed by atoms with Gasteiger partial charge in [-0.2, -0.15) is 0 Å². The van der Waals surface area contributed by atoms with E-state index in [0.717, 1.165) is 13.7 Å². The van der Waals surface area contributed by atoms with Gasteiger partial charge in [-0.25, -0.2) is 4.98 Å². The fourth-order valence-corrected chi connectivity index (χ4v) is 3.49. The number of rotatable bonds is 4. The minimum Gasteiger partial charge on any atom is -0.377 e. The Bertz CT molecular complexity index is 387. The lowest BCUT2D eigenvalue weighted by Crippen LogP contribution is -1.84. The van der Waals surface area contributed by atoms with Crippen LogP contribution in [-0.2, 0) is 11.3 Å². The molecule has 0 N–H and O–H groups in total. The lowest BCUT2D eigenvalue weighted by atomic mass is 10.8. The van der Waals surface area contributed by atoms with E-state index in [2.05, 4.69) is 15.2 Å². The Hall–Kier alpha value is -0.500. The van der Waals surface area contributed by atoms with Crippen LogP contribution in [0.4, 0.5) is 0 Å². The van der Waals surface area contributed by atoms with Crippen LogP contribution < -0.4 is 0 Å². The van der Waals surface area contributed by atoms with Crippen molar-refractivity contribution in [3.8, 4) is 0 Å². The molecule has 2 heterocycles. The molecule has 0 bridgehead atoms. The molecule has 0 spiro atoms. The van der Waals surface area contributed by atoms with Crippen molar-refractivity contribution in [1.82, 2.24) is 15.2 Å². The standard InChI is InChI=1S/C7H7N3OS3/c1-11-4-5-9-10-7(13-5)14-6-8-2-3-12-6/h2-3H,4H2,1H3. The van der Waals surface area contributed by atoms with Crippen molar-refractivity contribution in [3.05, 3.63) is 16.6 Å². The molecule has 0 amide bonds. The lowest BCUT2D eigenvalue weighted by molar-refractivity contribution is 0.184. The molecule has 0 atom stereocenters. The van der Waals surface area contributed by atoms with Gasteiger partial charge in [0.25, 0.3) is 0 Å². The summed E-state index contributed by atoms with van der Waals surface area (Å²) < 4.78 is 6.86. The zero-order valence-electron chi connectivity index (χ0n) is 7.34. The predicted octanol–water partition coefficient (Wildman–Crippen LogP) is 2.29. The molecule has 2 aromatic rings. The van der Waals surface area contributed by atoms with Gasteiger partial charge in [0.15, 0.2) is 8.68 Å². The van der Waals surface area contributed by atoms with Crippen molar-refractivity contribution in [2.75, 3.05) is 7.11 Å². The van der Waals surface area contributed by atoms with Crippen LogP contribution in [0.25, 0.3) is 0 Å². The Morgan fingerprint density at radius 2 is 2.36 bits per heavy atom. The zero-order chi connectivity index (χ0) is 9.80. The largest absolute Gasteiger partial charge is 0.377 e. The summed E-state index contributed by atoms with van der Waals surface area (Å²) in [6.07, 6.45) is 1.78. The topological polar surface area (TPSA) is 47.9 Å². The van der Waals surface area contributed by atoms with Gasteiger partial charge in [0, 0.05) is 18.7 Å². The highest BCUT2D eigenvalue weighted by Gasteiger charge is 2.06. The minimum absolute atomic E-state index is 0.524. The van der Waals surface area contributed by atoms with E-state index in [1.165, 1.54) is 23.1 Å². The first-order chi connectivity index (χ1) is 6.88. The average molecular weight is 245 g/mol. The van der Waals surface area contributed by atoms with E-state index in [-0.39, 0.29) is 0 Å². The van der Waals surface area contributed by atoms with Crippen LogP contribution in [0.2, 0.25) is 0 Å². The second-order valence-electron chi connectivity index (χ2n) is 2.29. The Morgan fingerprint density at radius 1 is 1.43 bits per heavy atom. The molecule has 0 aliphatic carbocycles. The van der Waals surface area contributed by atoms with E-state index in [1.807, 2.05) is 5.38 Å². The maximum atomic E-state index is 4.96. The maximum Gasteiger partial charge on any atom is 0.181 e. The molecule has 4 nitrogen and oxygen atoms in total. The molecule has 2 rings (SSSR count). The molecule has 14 heavy (non-hydrogen) atoms. The van der Waals surface area contributed by atoms with Crippen molar-refractivity contribution < 1.29 is 4.74 Å². The van der Waals surface area contributed by atoms with Crippen LogP contribution in [0, 0.1) is 0 Å². The van der Waals surface area contributed by atoms with Crippen LogP contribution in [0.15, 0.2) is 20.3 Å². The highest BCUT2D eigenvalue weighted by atomic mass is 32.2. The second-order valence-corrected chi connectivity index (χ2v) is 5.75. The van der Waals surface area contributed by atoms with Gasteiger partial charge in [-0.1, -0.05) is 11.3 Å². The summed E-state index contributed by atoms with van der Waals surface area (Å²) in [5.74, 6) is 0. The fraction of sp³-hybridized carbons (Fsp3) is 0.286. The molecule has 0 saturated carbocycles. The van der Waals surface area contributed by atoms with Crippen molar-refractivity contribution in [3.63, 3.8) is 0 Å². The third-order valence-electron chi connectivity index (χ3n) is 1.30. The number of hydrogen-bond donors (Lipinski definition) is 0. The lowest BCUT2D eigenvalue weighted by Gasteiger charge is -1.88. The van der Waals surface area contributed by atoms with Crippen LogP contribution in [0.3, 0.4) is 0 Å². The normalized spacial score (nSPS) is 10.6. The van der Waals surface area contributed by atoms with Crippen LogP contribution >= 0.6 is 34.4 Å². The molecule has 0 unspecified atom stereocenters. The van der Waals surface area contributed by atoms with Crippen LogP contribution in [0.5, 0.6) is 0 Å². The first-order valence-corrected chi connectivity index (χ1v) is 6.28. The Kier molecular flexibility index (Phi) is 3.46. The smallest absolute Gasteiger partial charge is 0.181 e. The number of thiazole rings is 1. The number of hydrogen-bond acceptors (Lipinski definition) is 7. The fourth-order valence-electron chi connectivity index (χ4n) is 0.797. The number of ether oxygens (including phenoxy) is 1. The molecule has 0 fully saturated rings. The van der Waals surface area contributed by atoms with E-state index in [0.29, 0.717) is 6.61 Å². The van der Waals surface area contributed by atoms with Gasteiger partial charge in [0.1, 0.15) is 5.01 Å². The van der Waals surface area contributed by atoms with Crippen molar-refractivity contribution >= 4 is 34.4 Å². The van der Waals surface area contributed by atoms with Crippen LogP contribution in [0.1, 0.15) is 5.01 Å². The monoisotopic (exact) mass is 245 g/mol. The number of nitrogens with zero attached hydrogens (tertiary/aromatic N) is 3. The van der Waals surface area contributed by atoms with Gasteiger partial charge in [-0.05, 0) is 11.8 Å². The van der Waals surface area contributed by atoms with Gasteiger partial charge in [0.05, 0.1) is 6.61 Å². The molecule has 0 radical (unpaired) electrons. The molecule has 0 aliphatic rings. The van der Waals surface area contributed by atoms with E-state index < -0.39 is 0 Å². The Morgan fingerprint density at radius 3 is 3.07 bits per heavy atom. The van der Waals surface area contributed by atoms with Gasteiger partial charge in [-0.3, -0.25) is 0 Å². The van der Waals surface area contributed by atoms with Crippen molar-refractivity contribution in [2.45, 2.75) is 15.3 Å². The zero-order valence-corrected chi connectivity index (χ0v) is 9.79. The molecule has 7 heteroatoms. The molecule has 0 saturated heterocycles. The number of aromatic nitrogens is 3. The molecular formula is C7H7N3OS3. The van der Waals surface area contributed by atoms with Gasteiger partial charge < -0.3 is 4.74 Å². The summed E-state index contributed by atoms with van der Waals surface area (Å²) in [5.41, 5.74) is 0. The van der Waals surface area contributed by atoms with E-state index in [4.69, 9.17) is 4.74 Å². The third-order valence-corrected chi connectivity index (χ3v) is 4.13. The minimum atomic E-state index is 0.524. The molecule has 0 aliphatic heterocycles. The summed E-state index contributed by atoms with van der Waals surface area (Å²) in [6.45, 7) is 0.524. The van der Waals surface area contributed by atoms with E-state index >= 15 is 0 Å². The Balaban J connectivity index is 2.03. The summed E-state index contributed by atoms with van der Waals surface area (Å²) >= 11 is 4.68. The average Bonchev–Trinajstić information content (AvgIpc) is 2.79. The first-order valence-electron chi connectivity index (χ1n) is 3.77. The summed E-state index contributed by atoms with van der Waals surface area (Å²) in [5, 5.41) is 10.9. The van der Waals surface area contributed by atoms with Gasteiger partial charge >= 0.3 is 0 Å². The first kappa shape index (κ1) is 10.0. The van der Waals surface area contributed by atoms with Gasteiger partial charge in [-0.15, -0.1) is 21.5 Å². The maximum absolute atomic E-state index is 4.96. The third kappa shape index (κ3) is 2.50. The Labute approximate surface area is 93.4 Å². The molecule has 0 aromatic carbocycles. The molecule has 2 aromatic heterocycles. The SMILES string of the molecule is COCc1nnc(Sc2nccs2)s1. The van der Waals surface area contributed by atoms with Crippen LogP contribution in [-0.4, -0.2) is 22.3 Å². The molecular weight excluding hydrogens is 238 g/mol. The van der Waals surface area contributed by atoms with Crippen molar-refractivity contribution in [1.29, 1.82) is 0 Å². The van der Waals surface area contributed by atoms with Gasteiger partial charge in [0.2, 0.25) is 0 Å². The second kappa shape index (κ2) is 4.83. The summed E-state index contributed by atoms with van der Waals surface area (Å²) in [6, 6.07) is 0. The van der Waals surface area contributed by atoms with E-state index in [1.54, 1.807) is 24.6 Å².